The van der Waals surface area contributed by atoms with Crippen LogP contribution in [0.3, 0.4) is 0 Å². The topological polar surface area (TPSA) is 61.4 Å². The molecule has 0 bridgehead atoms. The molecule has 33 heavy (non-hydrogen) atoms. The van der Waals surface area contributed by atoms with E-state index in [2.05, 4.69) is 55.7 Å². The van der Waals surface area contributed by atoms with Crippen molar-refractivity contribution >= 4 is 17.2 Å². The van der Waals surface area contributed by atoms with Crippen LogP contribution in [0.25, 0.3) is 0 Å². The lowest BCUT2D eigenvalue weighted by atomic mass is 9.77. The van der Waals surface area contributed by atoms with Crippen LogP contribution in [0, 0.1) is 0 Å². The first-order valence-corrected chi connectivity index (χ1v) is 11.6. The minimum atomic E-state index is -0.408. The van der Waals surface area contributed by atoms with E-state index in [0.717, 1.165) is 29.1 Å². The van der Waals surface area contributed by atoms with Gasteiger partial charge in [-0.25, -0.2) is 0 Å². The molecule has 4 heteroatoms. The number of hydrogen-bond donors (Lipinski definition) is 3. The Kier molecular flexibility index (Phi) is 5.24. The van der Waals surface area contributed by atoms with Crippen molar-refractivity contribution in [3.8, 4) is 5.75 Å². The van der Waals surface area contributed by atoms with Crippen molar-refractivity contribution in [3.05, 3.63) is 101 Å². The maximum Gasteiger partial charge on any atom is 0.163 e. The molecule has 0 radical (unpaired) electrons. The summed E-state index contributed by atoms with van der Waals surface area (Å²) in [5.74, 6) is 0.421. The molecule has 168 valence electrons. The second-order valence-corrected chi connectivity index (χ2v) is 10.1. The smallest absolute Gasteiger partial charge is 0.163 e. The van der Waals surface area contributed by atoms with E-state index in [-0.39, 0.29) is 22.9 Å². The molecule has 3 aromatic carbocycles. The molecule has 1 heterocycles. The van der Waals surface area contributed by atoms with Crippen LogP contribution in [0.1, 0.15) is 62.3 Å². The second kappa shape index (κ2) is 8.11. The summed E-state index contributed by atoms with van der Waals surface area (Å²) in [6.45, 7) is 6.63. The molecular formula is C29H30N2O2. The maximum absolute atomic E-state index is 13.6. The van der Waals surface area contributed by atoms with Crippen molar-refractivity contribution in [3.63, 3.8) is 0 Å². The van der Waals surface area contributed by atoms with Crippen molar-refractivity contribution in [2.24, 2.45) is 0 Å². The van der Waals surface area contributed by atoms with Crippen LogP contribution < -0.4 is 10.6 Å². The van der Waals surface area contributed by atoms with Gasteiger partial charge in [0.2, 0.25) is 0 Å². The molecule has 2 aliphatic rings. The van der Waals surface area contributed by atoms with Crippen LogP contribution in [0.4, 0.5) is 11.4 Å². The van der Waals surface area contributed by atoms with E-state index in [1.807, 2.05) is 36.4 Å². The number of fused-ring (bicyclic) bond motifs is 1. The van der Waals surface area contributed by atoms with Crippen LogP contribution in [0.5, 0.6) is 5.75 Å². The highest BCUT2D eigenvalue weighted by atomic mass is 16.3. The zero-order chi connectivity index (χ0) is 23.2. The highest BCUT2D eigenvalue weighted by Crippen LogP contribution is 2.45. The van der Waals surface area contributed by atoms with Crippen molar-refractivity contribution in [2.45, 2.75) is 51.0 Å². The molecule has 1 aliphatic heterocycles. The number of phenols is 1. The van der Waals surface area contributed by atoms with E-state index in [0.29, 0.717) is 12.0 Å². The lowest BCUT2D eigenvalue weighted by Crippen LogP contribution is -2.27. The van der Waals surface area contributed by atoms with Gasteiger partial charge in [0.25, 0.3) is 0 Å². The van der Waals surface area contributed by atoms with Gasteiger partial charge in [0.15, 0.2) is 5.78 Å². The van der Waals surface area contributed by atoms with Gasteiger partial charge in [0, 0.05) is 23.3 Å². The first-order valence-electron chi connectivity index (χ1n) is 11.6. The SMILES string of the molecule is CC(C)(C)c1ccc(C2CC(=O)C3=C(C2)Nc2ccccc2NC3c2ccccc2O)cc1. The van der Waals surface area contributed by atoms with Gasteiger partial charge >= 0.3 is 0 Å². The summed E-state index contributed by atoms with van der Waals surface area (Å²) >= 11 is 0. The molecule has 4 nitrogen and oxygen atoms in total. The molecule has 3 aromatic rings. The van der Waals surface area contributed by atoms with Crippen LogP contribution in [0.15, 0.2) is 84.1 Å². The van der Waals surface area contributed by atoms with Crippen molar-refractivity contribution in [1.29, 1.82) is 0 Å². The largest absolute Gasteiger partial charge is 0.508 e. The Bertz CT molecular complexity index is 1230. The number of benzene rings is 3. The van der Waals surface area contributed by atoms with Gasteiger partial charge in [-0.1, -0.05) is 75.4 Å². The van der Waals surface area contributed by atoms with Gasteiger partial charge in [-0.2, -0.15) is 0 Å². The standard InChI is InChI=1S/C29H30N2O2/c1-29(2,3)20-14-12-18(13-15-20)19-16-24-27(26(33)17-19)28(21-8-4-7-11-25(21)32)31-23-10-6-5-9-22(23)30-24/h4-15,19,28,30-32H,16-17H2,1-3H3. The summed E-state index contributed by atoms with van der Waals surface area (Å²) in [7, 11) is 0. The fourth-order valence-corrected chi connectivity index (χ4v) is 4.95. The summed E-state index contributed by atoms with van der Waals surface area (Å²) in [4.78, 5) is 13.6. The van der Waals surface area contributed by atoms with Gasteiger partial charge in [0.1, 0.15) is 5.75 Å². The molecule has 3 N–H and O–H groups in total. The fraction of sp³-hybridized carbons (Fsp3) is 0.276. The van der Waals surface area contributed by atoms with Gasteiger partial charge < -0.3 is 15.7 Å². The van der Waals surface area contributed by atoms with Gasteiger partial charge in [0.05, 0.1) is 17.4 Å². The van der Waals surface area contributed by atoms with E-state index in [4.69, 9.17) is 0 Å². The molecule has 1 aliphatic carbocycles. The number of Topliss-reactive ketones (excluding diaryl/α,β-unsaturated/α-hetero) is 1. The minimum Gasteiger partial charge on any atom is -0.508 e. The first kappa shape index (κ1) is 21.3. The zero-order valence-electron chi connectivity index (χ0n) is 19.4. The Morgan fingerprint density at radius 3 is 2.21 bits per heavy atom. The highest BCUT2D eigenvalue weighted by molar-refractivity contribution is 6.01. The Labute approximate surface area is 195 Å². The van der Waals surface area contributed by atoms with Gasteiger partial charge in [-0.15, -0.1) is 0 Å². The van der Waals surface area contributed by atoms with Gasteiger partial charge in [-0.3, -0.25) is 4.79 Å². The number of carbonyl (C=O) groups is 1. The third kappa shape index (κ3) is 4.02. The predicted octanol–water partition coefficient (Wildman–Crippen LogP) is 6.67. The average molecular weight is 439 g/mol. The molecule has 0 saturated heterocycles. The molecule has 0 saturated carbocycles. The summed E-state index contributed by atoms with van der Waals surface area (Å²) in [5, 5.41) is 17.7. The summed E-state index contributed by atoms with van der Waals surface area (Å²) in [5.41, 5.74) is 6.80. The van der Waals surface area contributed by atoms with E-state index in [9.17, 15) is 9.90 Å². The van der Waals surface area contributed by atoms with Crippen LogP contribution in [-0.2, 0) is 10.2 Å². The average Bonchev–Trinajstić information content (AvgIpc) is 2.95. The Morgan fingerprint density at radius 1 is 0.848 bits per heavy atom. The third-order valence-electron chi connectivity index (χ3n) is 6.80. The molecule has 5 rings (SSSR count). The molecule has 0 aromatic heterocycles. The Morgan fingerprint density at radius 2 is 1.52 bits per heavy atom. The number of carbonyl (C=O) groups excluding carboxylic acids is 1. The number of hydrogen-bond acceptors (Lipinski definition) is 4. The number of rotatable bonds is 2. The van der Waals surface area contributed by atoms with Gasteiger partial charge in [-0.05, 0) is 47.1 Å². The molecule has 2 atom stereocenters. The number of anilines is 2. The molecule has 0 spiro atoms. The molecule has 0 amide bonds. The third-order valence-corrected chi connectivity index (χ3v) is 6.80. The van der Waals surface area contributed by atoms with E-state index < -0.39 is 6.04 Å². The Hall–Kier alpha value is -3.53. The normalized spacial score (nSPS) is 20.3. The minimum absolute atomic E-state index is 0.0970. The number of nitrogens with one attached hydrogen (secondary N) is 2. The molecule has 0 fully saturated rings. The van der Waals surface area contributed by atoms with E-state index >= 15 is 0 Å². The highest BCUT2D eigenvalue weighted by Gasteiger charge is 2.36. The summed E-state index contributed by atoms with van der Waals surface area (Å²) in [6.07, 6.45) is 1.20. The predicted molar refractivity (Wildman–Crippen MR) is 134 cm³/mol. The van der Waals surface area contributed by atoms with Crippen molar-refractivity contribution in [1.82, 2.24) is 0 Å². The molecule has 2 unspecified atom stereocenters. The molecular weight excluding hydrogens is 408 g/mol. The monoisotopic (exact) mass is 438 g/mol. The van der Waals surface area contributed by atoms with Crippen LogP contribution in [0.2, 0.25) is 0 Å². The summed E-state index contributed by atoms with van der Waals surface area (Å²) in [6, 6.07) is 23.6. The van der Waals surface area contributed by atoms with E-state index in [1.54, 1.807) is 12.1 Å². The quantitative estimate of drug-likeness (QED) is 0.418. The number of para-hydroxylation sites is 3. The number of ketones is 1. The lowest BCUT2D eigenvalue weighted by molar-refractivity contribution is -0.116. The first-order chi connectivity index (χ1) is 15.8. The van der Waals surface area contributed by atoms with Crippen molar-refractivity contribution < 1.29 is 9.90 Å². The zero-order valence-corrected chi connectivity index (χ0v) is 19.4. The number of allylic oxidation sites excluding steroid dienone is 1. The summed E-state index contributed by atoms with van der Waals surface area (Å²) < 4.78 is 0. The van der Waals surface area contributed by atoms with Crippen LogP contribution in [-0.4, -0.2) is 10.9 Å². The Balaban J connectivity index is 1.56. The number of aromatic hydroxyl groups is 1. The second-order valence-electron chi connectivity index (χ2n) is 10.1. The number of phenolic OH excluding ortho intramolecular Hbond substituents is 1. The lowest BCUT2D eigenvalue weighted by Gasteiger charge is -2.30. The van der Waals surface area contributed by atoms with E-state index in [1.165, 1.54) is 11.1 Å². The fourth-order valence-electron chi connectivity index (χ4n) is 4.95. The van der Waals surface area contributed by atoms with Crippen molar-refractivity contribution in [2.75, 3.05) is 10.6 Å². The maximum atomic E-state index is 13.6. The van der Waals surface area contributed by atoms with Crippen LogP contribution >= 0.6 is 0 Å².